The van der Waals surface area contributed by atoms with Crippen LogP contribution in [-0.4, -0.2) is 17.8 Å². The van der Waals surface area contributed by atoms with E-state index in [1.807, 2.05) is 0 Å². The van der Waals surface area contributed by atoms with Crippen LogP contribution in [0.5, 0.6) is 0 Å². The van der Waals surface area contributed by atoms with E-state index in [0.29, 0.717) is 11.3 Å². The van der Waals surface area contributed by atoms with Crippen molar-refractivity contribution in [2.24, 2.45) is 10.9 Å². The third kappa shape index (κ3) is 1.85. The maximum absolute atomic E-state index is 12.4. The van der Waals surface area contributed by atoms with Crippen molar-refractivity contribution in [3.05, 3.63) is 35.5 Å². The maximum atomic E-state index is 12.4. The Morgan fingerprint density at radius 2 is 2.06 bits per heavy atom. The number of halogens is 3. The highest BCUT2D eigenvalue weighted by Gasteiger charge is 2.39. The van der Waals surface area contributed by atoms with Gasteiger partial charge in [0.2, 0.25) is 0 Å². The average molecular weight is 227 g/mol. The Balaban J connectivity index is 2.40. The Kier molecular flexibility index (Phi) is 2.33. The molecule has 0 saturated heterocycles. The lowest BCUT2D eigenvalue weighted by molar-refractivity contribution is -0.149. The number of carbonyl (C=O) groups is 1. The molecule has 1 aliphatic carbocycles. The van der Waals surface area contributed by atoms with Gasteiger partial charge in [0.25, 0.3) is 5.91 Å². The molecule has 1 atom stereocenters. The number of nitrogens with zero attached hydrogens (tertiary/aromatic N) is 1. The molecule has 2 nitrogen and oxygen atoms in total. The first-order chi connectivity index (χ1) is 7.38. The van der Waals surface area contributed by atoms with E-state index < -0.39 is 18.0 Å². The topological polar surface area (TPSA) is 29.4 Å². The predicted octanol–water partition coefficient (Wildman–Crippen LogP) is 2.59. The van der Waals surface area contributed by atoms with Gasteiger partial charge in [0, 0.05) is 11.3 Å². The molecule has 1 unspecified atom stereocenters. The molecule has 1 amide bonds. The number of aliphatic imine (C=N–C) groups is 1. The molecule has 1 aliphatic heterocycles. The van der Waals surface area contributed by atoms with Gasteiger partial charge in [-0.05, 0) is 18.6 Å². The van der Waals surface area contributed by atoms with Gasteiger partial charge in [0.05, 0.1) is 5.92 Å². The van der Waals surface area contributed by atoms with Crippen LogP contribution in [0.15, 0.2) is 40.4 Å². The van der Waals surface area contributed by atoms with Gasteiger partial charge in [-0.2, -0.15) is 13.2 Å². The van der Waals surface area contributed by atoms with Crippen molar-refractivity contribution in [1.29, 1.82) is 0 Å². The van der Waals surface area contributed by atoms with Gasteiger partial charge in [-0.3, -0.25) is 4.79 Å². The molecule has 0 aromatic heterocycles. The van der Waals surface area contributed by atoms with Gasteiger partial charge >= 0.3 is 6.18 Å². The van der Waals surface area contributed by atoms with Gasteiger partial charge in [-0.1, -0.05) is 18.2 Å². The average Bonchev–Trinajstić information content (AvgIpc) is 2.15. The highest BCUT2D eigenvalue weighted by Crippen LogP contribution is 2.35. The predicted molar refractivity (Wildman–Crippen MR) is 53.0 cm³/mol. The number of rotatable bonds is 0. The Morgan fingerprint density at radius 1 is 1.38 bits per heavy atom. The molecule has 0 aromatic carbocycles. The van der Waals surface area contributed by atoms with Gasteiger partial charge in [-0.15, -0.1) is 0 Å². The number of dihydropyridines is 1. The van der Waals surface area contributed by atoms with Crippen LogP contribution in [0.2, 0.25) is 0 Å². The van der Waals surface area contributed by atoms with Crippen molar-refractivity contribution >= 4 is 11.6 Å². The number of hydrogen-bond acceptors (Lipinski definition) is 1. The Morgan fingerprint density at radius 3 is 2.69 bits per heavy atom. The first-order valence-electron chi connectivity index (χ1n) is 4.66. The summed E-state index contributed by atoms with van der Waals surface area (Å²) in [7, 11) is 0. The molecule has 0 fully saturated rings. The minimum Gasteiger partial charge on any atom is -0.267 e. The van der Waals surface area contributed by atoms with Gasteiger partial charge < -0.3 is 0 Å². The minimum atomic E-state index is -4.36. The number of alkyl halides is 3. The van der Waals surface area contributed by atoms with E-state index >= 15 is 0 Å². The molecule has 1 heterocycles. The van der Waals surface area contributed by atoms with E-state index in [4.69, 9.17) is 0 Å². The molecule has 0 N–H and O–H groups in total. The highest BCUT2D eigenvalue weighted by atomic mass is 19.4. The van der Waals surface area contributed by atoms with Gasteiger partial charge in [-0.25, -0.2) is 4.99 Å². The summed E-state index contributed by atoms with van der Waals surface area (Å²) < 4.78 is 37.3. The SMILES string of the molecule is CC1=NC(=O)C2=CC(C(F)(F)F)C=CC2=C1. The van der Waals surface area contributed by atoms with Crippen LogP contribution in [0.3, 0.4) is 0 Å². The fourth-order valence-electron chi connectivity index (χ4n) is 1.63. The smallest absolute Gasteiger partial charge is 0.267 e. The Labute approximate surface area is 89.9 Å². The number of hydrogen-bond donors (Lipinski definition) is 0. The molecule has 0 bridgehead atoms. The molecule has 16 heavy (non-hydrogen) atoms. The zero-order valence-electron chi connectivity index (χ0n) is 8.38. The summed E-state index contributed by atoms with van der Waals surface area (Å²) in [5.74, 6) is -2.30. The number of allylic oxidation sites excluding steroid dienone is 4. The summed E-state index contributed by atoms with van der Waals surface area (Å²) in [6.07, 6.45) is 0.525. The number of amides is 1. The van der Waals surface area contributed by atoms with Crippen LogP contribution in [0, 0.1) is 5.92 Å². The summed E-state index contributed by atoms with van der Waals surface area (Å²) in [5, 5.41) is 0. The first kappa shape index (κ1) is 10.9. The molecule has 0 radical (unpaired) electrons. The molecular formula is C11H8F3NO. The van der Waals surface area contributed by atoms with Crippen molar-refractivity contribution in [1.82, 2.24) is 0 Å². The van der Waals surface area contributed by atoms with Crippen LogP contribution in [-0.2, 0) is 4.79 Å². The third-order valence-corrected chi connectivity index (χ3v) is 2.39. The van der Waals surface area contributed by atoms with E-state index in [2.05, 4.69) is 4.99 Å². The van der Waals surface area contributed by atoms with Crippen LogP contribution in [0.4, 0.5) is 13.2 Å². The second-order valence-electron chi connectivity index (χ2n) is 3.66. The highest BCUT2D eigenvalue weighted by molar-refractivity contribution is 6.14. The van der Waals surface area contributed by atoms with Crippen LogP contribution >= 0.6 is 0 Å². The zero-order chi connectivity index (χ0) is 11.9. The van der Waals surface area contributed by atoms with E-state index in [-0.39, 0.29) is 5.57 Å². The summed E-state index contributed by atoms with van der Waals surface area (Å²) in [4.78, 5) is 15.0. The normalized spacial score (nSPS) is 24.6. The summed E-state index contributed by atoms with van der Waals surface area (Å²) in [5.41, 5.74) is 1.04. The maximum Gasteiger partial charge on any atom is 0.398 e. The van der Waals surface area contributed by atoms with E-state index in [1.54, 1.807) is 13.0 Å². The standard InChI is InChI=1S/C11H8F3NO/c1-6-4-7-2-3-8(11(12,13)14)5-9(7)10(16)15-6/h2-5,8H,1H3. The van der Waals surface area contributed by atoms with E-state index in [9.17, 15) is 18.0 Å². The lowest BCUT2D eigenvalue weighted by Crippen LogP contribution is -2.23. The van der Waals surface area contributed by atoms with Crippen molar-refractivity contribution in [2.45, 2.75) is 13.1 Å². The fraction of sp³-hybridized carbons (Fsp3) is 0.273. The van der Waals surface area contributed by atoms with Crippen molar-refractivity contribution in [2.75, 3.05) is 0 Å². The molecule has 2 rings (SSSR count). The van der Waals surface area contributed by atoms with Gasteiger partial charge in [0.1, 0.15) is 0 Å². The quantitative estimate of drug-likeness (QED) is 0.625. The van der Waals surface area contributed by atoms with E-state index in [1.165, 1.54) is 6.08 Å². The molecular weight excluding hydrogens is 219 g/mol. The largest absolute Gasteiger partial charge is 0.398 e. The summed E-state index contributed by atoms with van der Waals surface area (Å²) in [6, 6.07) is 0. The zero-order valence-corrected chi connectivity index (χ0v) is 8.38. The monoisotopic (exact) mass is 227 g/mol. The molecule has 2 aliphatic rings. The minimum absolute atomic E-state index is 0.0374. The van der Waals surface area contributed by atoms with E-state index in [0.717, 1.165) is 12.2 Å². The summed E-state index contributed by atoms with van der Waals surface area (Å²) >= 11 is 0. The fourth-order valence-corrected chi connectivity index (χ4v) is 1.63. The van der Waals surface area contributed by atoms with Gasteiger partial charge in [0.15, 0.2) is 0 Å². The molecule has 84 valence electrons. The van der Waals surface area contributed by atoms with Crippen LogP contribution in [0.1, 0.15) is 6.92 Å². The third-order valence-electron chi connectivity index (χ3n) is 2.39. The second-order valence-corrected chi connectivity index (χ2v) is 3.66. The number of carbonyl (C=O) groups excluding carboxylic acids is 1. The second kappa shape index (κ2) is 3.43. The van der Waals surface area contributed by atoms with Crippen molar-refractivity contribution in [3.63, 3.8) is 0 Å². The van der Waals surface area contributed by atoms with Crippen LogP contribution in [0.25, 0.3) is 0 Å². The molecule has 0 aromatic rings. The molecule has 0 spiro atoms. The Bertz CT molecular complexity index is 466. The van der Waals surface area contributed by atoms with Crippen LogP contribution < -0.4 is 0 Å². The molecule has 5 heteroatoms. The number of fused-ring (bicyclic) bond motifs is 1. The first-order valence-corrected chi connectivity index (χ1v) is 4.66. The molecule has 0 saturated carbocycles. The lowest BCUT2D eigenvalue weighted by Gasteiger charge is -2.20. The lowest BCUT2D eigenvalue weighted by atomic mass is 9.90. The van der Waals surface area contributed by atoms with Crippen molar-refractivity contribution < 1.29 is 18.0 Å². The Hall–Kier alpha value is -1.65. The summed E-state index contributed by atoms with van der Waals surface area (Å²) in [6.45, 7) is 1.63. The van der Waals surface area contributed by atoms with Crippen molar-refractivity contribution in [3.8, 4) is 0 Å².